The van der Waals surface area contributed by atoms with Gasteiger partial charge in [0.1, 0.15) is 11.3 Å². The molecule has 0 radical (unpaired) electrons. The lowest BCUT2D eigenvalue weighted by Crippen LogP contribution is -2.10. The van der Waals surface area contributed by atoms with E-state index >= 15 is 0 Å². The second kappa shape index (κ2) is 5.44. The van der Waals surface area contributed by atoms with Crippen LogP contribution in [0.3, 0.4) is 0 Å². The average molecular weight is 280 g/mol. The van der Waals surface area contributed by atoms with Gasteiger partial charge in [0, 0.05) is 10.9 Å². The van der Waals surface area contributed by atoms with Crippen LogP contribution in [0.25, 0.3) is 11.0 Å². The Labute approximate surface area is 123 Å². The second-order valence-corrected chi connectivity index (χ2v) is 5.22. The molecule has 3 aromatic rings. The number of carbonyl (C=O) groups excluding carboxylic acids is 1. The summed E-state index contributed by atoms with van der Waals surface area (Å²) in [5, 5.41) is 0.968. The lowest BCUT2D eigenvalue weighted by Gasteiger charge is -2.04. The first kappa shape index (κ1) is 13.4. The Morgan fingerprint density at radius 3 is 2.52 bits per heavy atom. The molecule has 1 heterocycles. The monoisotopic (exact) mass is 280 g/mol. The predicted molar refractivity (Wildman–Crippen MR) is 81.5 cm³/mol. The van der Waals surface area contributed by atoms with Gasteiger partial charge in [-0.1, -0.05) is 29.3 Å². The fourth-order valence-corrected chi connectivity index (χ4v) is 2.26. The number of fused-ring (bicyclic) bond motifs is 1. The number of hydrogen-bond acceptors (Lipinski definition) is 3. The van der Waals surface area contributed by atoms with E-state index in [-0.39, 0.29) is 12.4 Å². The Balaban J connectivity index is 1.77. The van der Waals surface area contributed by atoms with Crippen molar-refractivity contribution >= 4 is 16.9 Å². The summed E-state index contributed by atoms with van der Waals surface area (Å²) in [4.78, 5) is 12.0. The number of furan rings is 1. The van der Waals surface area contributed by atoms with Crippen LogP contribution in [0.2, 0.25) is 0 Å². The lowest BCUT2D eigenvalue weighted by molar-refractivity contribution is -0.133. The molecular formula is C18H16O3. The zero-order valence-electron chi connectivity index (χ0n) is 12.1. The Hall–Kier alpha value is -2.55. The highest BCUT2D eigenvalue weighted by atomic mass is 16.5. The Kier molecular flexibility index (Phi) is 3.48. The molecule has 0 aliphatic carbocycles. The van der Waals surface area contributed by atoms with Crippen LogP contribution in [0, 0.1) is 13.8 Å². The standard InChI is InChI=1S/C18H16O3/c1-12-3-6-15(7-4-12)21-18(19)10-14-11-20-17-8-5-13(2)9-16(14)17/h3-9,11H,10H2,1-2H3. The number of aryl methyl sites for hydroxylation is 2. The number of carbonyl (C=O) groups is 1. The van der Waals surface area contributed by atoms with Gasteiger partial charge in [0.05, 0.1) is 12.7 Å². The van der Waals surface area contributed by atoms with E-state index in [2.05, 4.69) is 0 Å². The van der Waals surface area contributed by atoms with Gasteiger partial charge in [-0.2, -0.15) is 0 Å². The van der Waals surface area contributed by atoms with Gasteiger partial charge < -0.3 is 9.15 Å². The van der Waals surface area contributed by atoms with Crippen molar-refractivity contribution in [1.82, 2.24) is 0 Å². The van der Waals surface area contributed by atoms with Crippen LogP contribution >= 0.6 is 0 Å². The van der Waals surface area contributed by atoms with E-state index in [1.165, 1.54) is 0 Å². The highest BCUT2D eigenvalue weighted by molar-refractivity contribution is 5.86. The highest BCUT2D eigenvalue weighted by Gasteiger charge is 2.12. The number of esters is 1. The summed E-state index contributed by atoms with van der Waals surface area (Å²) in [6.07, 6.45) is 1.82. The fraction of sp³-hybridized carbons (Fsp3) is 0.167. The van der Waals surface area contributed by atoms with Gasteiger partial charge in [-0.15, -0.1) is 0 Å². The first-order valence-electron chi connectivity index (χ1n) is 6.86. The van der Waals surface area contributed by atoms with Crippen LogP contribution in [-0.2, 0) is 11.2 Å². The third kappa shape index (κ3) is 2.97. The van der Waals surface area contributed by atoms with Crippen molar-refractivity contribution in [3.05, 3.63) is 65.4 Å². The van der Waals surface area contributed by atoms with Crippen molar-refractivity contribution in [3.63, 3.8) is 0 Å². The van der Waals surface area contributed by atoms with Crippen molar-refractivity contribution in [2.45, 2.75) is 20.3 Å². The minimum absolute atomic E-state index is 0.199. The van der Waals surface area contributed by atoms with E-state index < -0.39 is 0 Å². The van der Waals surface area contributed by atoms with Crippen molar-refractivity contribution in [3.8, 4) is 5.75 Å². The smallest absolute Gasteiger partial charge is 0.315 e. The van der Waals surface area contributed by atoms with Gasteiger partial charge in [0.2, 0.25) is 0 Å². The molecule has 0 aliphatic heterocycles. The van der Waals surface area contributed by atoms with Gasteiger partial charge in [-0.25, -0.2) is 0 Å². The molecule has 2 aromatic carbocycles. The number of ether oxygens (including phenoxy) is 1. The van der Waals surface area contributed by atoms with Gasteiger partial charge >= 0.3 is 5.97 Å². The first-order chi connectivity index (χ1) is 10.1. The number of benzene rings is 2. The Bertz CT molecular complexity index is 782. The molecule has 0 saturated carbocycles. The summed E-state index contributed by atoms with van der Waals surface area (Å²) >= 11 is 0. The maximum Gasteiger partial charge on any atom is 0.315 e. The summed E-state index contributed by atoms with van der Waals surface area (Å²) in [5.41, 5.74) is 3.91. The third-order valence-corrected chi connectivity index (χ3v) is 3.40. The van der Waals surface area contributed by atoms with Crippen LogP contribution in [-0.4, -0.2) is 5.97 Å². The minimum atomic E-state index is -0.289. The van der Waals surface area contributed by atoms with Crippen molar-refractivity contribution in [1.29, 1.82) is 0 Å². The van der Waals surface area contributed by atoms with E-state index in [4.69, 9.17) is 9.15 Å². The highest BCUT2D eigenvalue weighted by Crippen LogP contribution is 2.23. The van der Waals surface area contributed by atoms with Crippen molar-refractivity contribution in [2.24, 2.45) is 0 Å². The number of rotatable bonds is 3. The molecule has 106 valence electrons. The summed E-state index contributed by atoms with van der Waals surface area (Å²) in [5.74, 6) is 0.276. The molecule has 0 aliphatic rings. The normalized spacial score (nSPS) is 10.8. The predicted octanol–water partition coefficient (Wildman–Crippen LogP) is 4.20. The van der Waals surface area contributed by atoms with Crippen LogP contribution < -0.4 is 4.74 Å². The summed E-state index contributed by atoms with van der Waals surface area (Å²) in [7, 11) is 0. The average Bonchev–Trinajstić information content (AvgIpc) is 2.84. The molecule has 3 heteroatoms. The summed E-state index contributed by atoms with van der Waals surface area (Å²) in [6, 6.07) is 13.3. The zero-order chi connectivity index (χ0) is 14.8. The largest absolute Gasteiger partial charge is 0.464 e. The quantitative estimate of drug-likeness (QED) is 0.533. The topological polar surface area (TPSA) is 39.4 Å². The number of hydrogen-bond donors (Lipinski definition) is 0. The van der Waals surface area contributed by atoms with Gasteiger partial charge in [-0.3, -0.25) is 4.79 Å². The molecule has 0 N–H and O–H groups in total. The molecule has 0 saturated heterocycles. The molecule has 0 fully saturated rings. The molecule has 0 bridgehead atoms. The maximum atomic E-state index is 12.0. The van der Waals surface area contributed by atoms with Crippen molar-refractivity contribution < 1.29 is 13.9 Å². The van der Waals surface area contributed by atoms with E-state index in [0.717, 1.165) is 27.7 Å². The van der Waals surface area contributed by atoms with E-state index in [1.807, 2.05) is 44.2 Å². The van der Waals surface area contributed by atoms with Crippen LogP contribution in [0.5, 0.6) is 5.75 Å². The molecule has 21 heavy (non-hydrogen) atoms. The zero-order valence-corrected chi connectivity index (χ0v) is 12.1. The molecule has 0 unspecified atom stereocenters. The SMILES string of the molecule is Cc1ccc(OC(=O)Cc2coc3ccc(C)cc23)cc1. The third-order valence-electron chi connectivity index (χ3n) is 3.40. The van der Waals surface area contributed by atoms with Gasteiger partial charge in [0.15, 0.2) is 0 Å². The van der Waals surface area contributed by atoms with E-state index in [0.29, 0.717) is 5.75 Å². The molecule has 0 atom stereocenters. The molecule has 1 aromatic heterocycles. The summed E-state index contributed by atoms with van der Waals surface area (Å²) in [6.45, 7) is 4.01. The lowest BCUT2D eigenvalue weighted by atomic mass is 10.1. The van der Waals surface area contributed by atoms with E-state index in [1.54, 1.807) is 18.4 Å². The van der Waals surface area contributed by atoms with Crippen LogP contribution in [0.15, 0.2) is 53.1 Å². The molecule has 3 nitrogen and oxygen atoms in total. The van der Waals surface area contributed by atoms with Crippen LogP contribution in [0.4, 0.5) is 0 Å². The van der Waals surface area contributed by atoms with Crippen molar-refractivity contribution in [2.75, 3.05) is 0 Å². The maximum absolute atomic E-state index is 12.0. The first-order valence-corrected chi connectivity index (χ1v) is 6.86. The molecule has 0 amide bonds. The fourth-order valence-electron chi connectivity index (χ4n) is 2.26. The Morgan fingerprint density at radius 2 is 1.76 bits per heavy atom. The second-order valence-electron chi connectivity index (χ2n) is 5.22. The Morgan fingerprint density at radius 1 is 1.05 bits per heavy atom. The van der Waals surface area contributed by atoms with Gasteiger partial charge in [-0.05, 0) is 38.1 Å². The van der Waals surface area contributed by atoms with Gasteiger partial charge in [0.25, 0.3) is 0 Å². The van der Waals surface area contributed by atoms with E-state index in [9.17, 15) is 4.79 Å². The summed E-state index contributed by atoms with van der Waals surface area (Å²) < 4.78 is 10.8. The molecular weight excluding hydrogens is 264 g/mol. The van der Waals surface area contributed by atoms with Crippen LogP contribution in [0.1, 0.15) is 16.7 Å². The molecule has 3 rings (SSSR count). The minimum Gasteiger partial charge on any atom is -0.464 e. The molecule has 0 spiro atoms.